The third-order valence-electron chi connectivity index (χ3n) is 7.23. The van der Waals surface area contributed by atoms with Crippen molar-refractivity contribution >= 4 is 11.8 Å². The first-order valence-corrected chi connectivity index (χ1v) is 12.3. The van der Waals surface area contributed by atoms with Gasteiger partial charge in [0.15, 0.2) is 0 Å². The molecule has 2 heterocycles. The maximum absolute atomic E-state index is 13.3. The molecular weight excluding hydrogens is 418 g/mol. The summed E-state index contributed by atoms with van der Waals surface area (Å²) in [5.41, 5.74) is 1.13. The number of rotatable bonds is 6. The van der Waals surface area contributed by atoms with E-state index in [0.717, 1.165) is 37.1 Å². The summed E-state index contributed by atoms with van der Waals surface area (Å²) >= 11 is 0. The van der Waals surface area contributed by atoms with Gasteiger partial charge in [-0.25, -0.2) is 0 Å². The normalized spacial score (nSPS) is 25.5. The van der Waals surface area contributed by atoms with Gasteiger partial charge >= 0.3 is 0 Å². The molecule has 1 aliphatic carbocycles. The number of ether oxygens (including phenoxy) is 2. The summed E-state index contributed by atoms with van der Waals surface area (Å²) < 4.78 is 11.1. The molecule has 7 nitrogen and oxygen atoms in total. The number of hydrogen-bond donors (Lipinski definition) is 1. The number of benzene rings is 1. The van der Waals surface area contributed by atoms with Crippen LogP contribution in [-0.2, 0) is 20.9 Å². The van der Waals surface area contributed by atoms with E-state index in [1.807, 2.05) is 29.2 Å². The lowest BCUT2D eigenvalue weighted by atomic mass is 9.82. The van der Waals surface area contributed by atoms with Crippen molar-refractivity contribution in [3.63, 3.8) is 0 Å². The van der Waals surface area contributed by atoms with E-state index in [9.17, 15) is 9.59 Å². The summed E-state index contributed by atoms with van der Waals surface area (Å²) in [6.45, 7) is 4.07. The Morgan fingerprint density at radius 2 is 2.06 bits per heavy atom. The van der Waals surface area contributed by atoms with Gasteiger partial charge in [-0.2, -0.15) is 0 Å². The number of fused-ring (bicyclic) bond motifs is 3. The van der Waals surface area contributed by atoms with Crippen LogP contribution in [0.2, 0.25) is 0 Å². The molecule has 2 bridgehead atoms. The van der Waals surface area contributed by atoms with Gasteiger partial charge < -0.3 is 19.7 Å². The molecule has 1 aromatic rings. The Hall–Kier alpha value is -2.38. The van der Waals surface area contributed by atoms with Crippen molar-refractivity contribution in [2.24, 2.45) is 11.8 Å². The number of carbonyl (C=O) groups excluding carboxylic acids is 2. The highest BCUT2D eigenvalue weighted by Gasteiger charge is 2.34. The molecule has 2 aliphatic heterocycles. The Labute approximate surface area is 197 Å². The van der Waals surface area contributed by atoms with E-state index in [2.05, 4.69) is 22.4 Å². The van der Waals surface area contributed by atoms with E-state index in [0.29, 0.717) is 51.9 Å². The minimum absolute atomic E-state index is 0.0504. The molecule has 0 radical (unpaired) electrons. The van der Waals surface area contributed by atoms with Crippen molar-refractivity contribution in [2.75, 3.05) is 46.5 Å². The SMILES string of the molecule is COCCNC(=O)C[C@@H]1CCN2C[C@@H]1/C=C/COc1ccccc1CN(C1CCC1)CC2=O. The van der Waals surface area contributed by atoms with Crippen molar-refractivity contribution in [1.29, 1.82) is 0 Å². The van der Waals surface area contributed by atoms with Gasteiger partial charge in [0.1, 0.15) is 12.4 Å². The molecule has 0 aromatic heterocycles. The molecule has 2 fully saturated rings. The fraction of sp³-hybridized carbons (Fsp3) is 0.615. The van der Waals surface area contributed by atoms with E-state index >= 15 is 0 Å². The lowest BCUT2D eigenvalue weighted by Crippen LogP contribution is -2.50. The van der Waals surface area contributed by atoms with Gasteiger partial charge in [-0.1, -0.05) is 36.8 Å². The van der Waals surface area contributed by atoms with Crippen LogP contribution in [0.5, 0.6) is 5.75 Å². The highest BCUT2D eigenvalue weighted by molar-refractivity contribution is 5.79. The Morgan fingerprint density at radius 3 is 2.85 bits per heavy atom. The largest absolute Gasteiger partial charge is 0.489 e. The standard InChI is InChI=1S/C26H37N3O4/c1-32-15-12-27-25(30)16-20-11-13-28-17-21(20)7-5-14-33-24-10-3-2-6-22(24)18-29(19-26(28)31)23-8-4-9-23/h2-3,5-7,10,20-21,23H,4,8-9,11-19H2,1H3,(H,27,30)/b7-5+/t20-,21-/m0/s1. The first-order chi connectivity index (χ1) is 16.1. The van der Waals surface area contributed by atoms with Crippen LogP contribution in [-0.4, -0.2) is 74.2 Å². The predicted molar refractivity (Wildman–Crippen MR) is 127 cm³/mol. The number of nitrogens with one attached hydrogen (secondary N) is 1. The Morgan fingerprint density at radius 1 is 1.21 bits per heavy atom. The number of carbonyl (C=O) groups is 2. The van der Waals surface area contributed by atoms with Gasteiger partial charge in [-0.15, -0.1) is 0 Å². The number of hydrogen-bond acceptors (Lipinski definition) is 5. The van der Waals surface area contributed by atoms with Gasteiger partial charge in [0.25, 0.3) is 0 Å². The van der Waals surface area contributed by atoms with Crippen LogP contribution in [0, 0.1) is 11.8 Å². The molecule has 1 aromatic carbocycles. The van der Waals surface area contributed by atoms with Crippen molar-refractivity contribution < 1.29 is 19.1 Å². The quantitative estimate of drug-likeness (QED) is 0.527. The van der Waals surface area contributed by atoms with Gasteiger partial charge in [-0.05, 0) is 37.2 Å². The number of methoxy groups -OCH3 is 1. The van der Waals surface area contributed by atoms with Crippen LogP contribution in [0.25, 0.3) is 0 Å². The molecule has 1 saturated carbocycles. The number of piperidine rings is 1. The van der Waals surface area contributed by atoms with Crippen LogP contribution in [0.15, 0.2) is 36.4 Å². The van der Waals surface area contributed by atoms with Crippen LogP contribution in [0.1, 0.15) is 37.7 Å². The Balaban J connectivity index is 1.49. The lowest BCUT2D eigenvalue weighted by Gasteiger charge is -2.41. The number of amides is 2. The molecule has 0 spiro atoms. The lowest BCUT2D eigenvalue weighted by molar-refractivity contribution is -0.136. The van der Waals surface area contributed by atoms with Crippen molar-refractivity contribution in [3.05, 3.63) is 42.0 Å². The molecule has 7 heteroatoms. The highest BCUT2D eigenvalue weighted by atomic mass is 16.5. The number of nitrogens with zero attached hydrogens (tertiary/aromatic N) is 2. The van der Waals surface area contributed by atoms with Gasteiger partial charge in [-0.3, -0.25) is 14.5 Å². The second-order valence-electron chi connectivity index (χ2n) is 9.44. The zero-order valence-corrected chi connectivity index (χ0v) is 19.7. The van der Waals surface area contributed by atoms with E-state index in [1.165, 1.54) is 6.42 Å². The van der Waals surface area contributed by atoms with Gasteiger partial charge in [0, 0.05) is 51.3 Å². The Kier molecular flexibility index (Phi) is 8.40. The number of para-hydroxylation sites is 1. The molecule has 33 heavy (non-hydrogen) atoms. The second kappa shape index (κ2) is 11.7. The zero-order valence-electron chi connectivity index (χ0n) is 19.7. The molecule has 3 aliphatic rings. The van der Waals surface area contributed by atoms with E-state index in [-0.39, 0.29) is 23.7 Å². The van der Waals surface area contributed by atoms with Crippen molar-refractivity contribution in [2.45, 2.75) is 44.7 Å². The minimum Gasteiger partial charge on any atom is -0.489 e. The topological polar surface area (TPSA) is 71.1 Å². The first-order valence-electron chi connectivity index (χ1n) is 12.3. The molecule has 180 valence electrons. The maximum atomic E-state index is 13.3. The molecule has 2 atom stereocenters. The monoisotopic (exact) mass is 455 g/mol. The predicted octanol–water partition coefficient (Wildman–Crippen LogP) is 2.61. The molecule has 4 rings (SSSR count). The molecule has 2 amide bonds. The first kappa shape index (κ1) is 23.8. The summed E-state index contributed by atoms with van der Waals surface area (Å²) in [6.07, 6.45) is 9.05. The summed E-state index contributed by atoms with van der Waals surface area (Å²) in [5.74, 6) is 1.49. The highest BCUT2D eigenvalue weighted by Crippen LogP contribution is 2.31. The molecule has 1 saturated heterocycles. The van der Waals surface area contributed by atoms with Crippen molar-refractivity contribution in [3.8, 4) is 5.75 Å². The fourth-order valence-electron chi connectivity index (χ4n) is 5.03. The second-order valence-corrected chi connectivity index (χ2v) is 9.44. The smallest absolute Gasteiger partial charge is 0.236 e. The van der Waals surface area contributed by atoms with Gasteiger partial charge in [0.05, 0.1) is 13.2 Å². The minimum atomic E-state index is 0.0504. The average Bonchev–Trinajstić information content (AvgIpc) is 2.77. The molecule has 0 unspecified atom stereocenters. The Bertz CT molecular complexity index is 839. The third kappa shape index (κ3) is 6.36. The summed E-state index contributed by atoms with van der Waals surface area (Å²) in [5, 5.41) is 2.93. The summed E-state index contributed by atoms with van der Waals surface area (Å²) in [4.78, 5) is 30.1. The van der Waals surface area contributed by atoms with E-state index in [4.69, 9.17) is 9.47 Å². The van der Waals surface area contributed by atoms with Crippen molar-refractivity contribution in [1.82, 2.24) is 15.1 Å². The zero-order chi connectivity index (χ0) is 23.0. The van der Waals surface area contributed by atoms with Crippen LogP contribution in [0.3, 0.4) is 0 Å². The molecular formula is C26H37N3O4. The maximum Gasteiger partial charge on any atom is 0.236 e. The summed E-state index contributed by atoms with van der Waals surface area (Å²) in [7, 11) is 1.63. The van der Waals surface area contributed by atoms with E-state index < -0.39 is 0 Å². The molecule has 1 N–H and O–H groups in total. The van der Waals surface area contributed by atoms with Crippen LogP contribution >= 0.6 is 0 Å². The third-order valence-corrected chi connectivity index (χ3v) is 7.23. The average molecular weight is 456 g/mol. The summed E-state index contributed by atoms with van der Waals surface area (Å²) in [6, 6.07) is 8.62. The van der Waals surface area contributed by atoms with E-state index in [1.54, 1.807) is 7.11 Å². The van der Waals surface area contributed by atoms with Gasteiger partial charge in [0.2, 0.25) is 11.8 Å². The van der Waals surface area contributed by atoms with Crippen LogP contribution in [0.4, 0.5) is 0 Å². The van der Waals surface area contributed by atoms with Crippen LogP contribution < -0.4 is 10.1 Å². The fourth-order valence-corrected chi connectivity index (χ4v) is 5.03.